The summed E-state index contributed by atoms with van der Waals surface area (Å²) in [6, 6.07) is 8.02. The molecule has 1 aromatic carbocycles. The first-order chi connectivity index (χ1) is 13.4. The maximum absolute atomic E-state index is 13.5. The minimum atomic E-state index is -1.11. The maximum atomic E-state index is 13.5. The minimum absolute atomic E-state index is 0.371. The first-order valence-corrected chi connectivity index (χ1v) is 9.52. The van der Waals surface area contributed by atoms with Gasteiger partial charge in [0, 0.05) is 11.6 Å². The Morgan fingerprint density at radius 2 is 1.96 bits per heavy atom. The quantitative estimate of drug-likeness (QED) is 0.736. The average Bonchev–Trinajstić information content (AvgIpc) is 3.12. The molecule has 6 atom stereocenters. The number of carbonyl (C=O) groups excluding carboxylic acids is 2. The van der Waals surface area contributed by atoms with E-state index in [4.69, 9.17) is 19.2 Å². The summed E-state index contributed by atoms with van der Waals surface area (Å²) in [5.74, 6) is -1.83. The zero-order valence-corrected chi connectivity index (χ0v) is 16.4. The third-order valence-corrected chi connectivity index (χ3v) is 7.56. The fourth-order valence-electron chi connectivity index (χ4n) is 6.77. The lowest BCUT2D eigenvalue weighted by Crippen LogP contribution is -2.78. The van der Waals surface area contributed by atoms with Crippen molar-refractivity contribution >= 4 is 17.7 Å². The highest BCUT2D eigenvalue weighted by molar-refractivity contribution is 6.11. The number of hydrogen-bond acceptors (Lipinski definition) is 6. The SMILES string of the molecule is COC(=O)C1C2c3ccccc3CC34C=COC3C1(C)N=C(C)C24C(=O)OC. The predicted octanol–water partition coefficient (Wildman–Crippen LogP) is 2.42. The van der Waals surface area contributed by atoms with Crippen LogP contribution in [0.3, 0.4) is 0 Å². The average molecular weight is 381 g/mol. The summed E-state index contributed by atoms with van der Waals surface area (Å²) < 4.78 is 16.7. The van der Waals surface area contributed by atoms with Crippen molar-refractivity contribution in [2.45, 2.75) is 37.8 Å². The van der Waals surface area contributed by atoms with Gasteiger partial charge in [0.05, 0.1) is 31.8 Å². The van der Waals surface area contributed by atoms with Crippen LogP contribution in [0, 0.1) is 16.7 Å². The Balaban J connectivity index is 1.94. The number of carbonyl (C=O) groups is 2. The molecule has 5 aliphatic rings. The largest absolute Gasteiger partial charge is 0.495 e. The molecule has 2 aliphatic carbocycles. The van der Waals surface area contributed by atoms with E-state index in [9.17, 15) is 9.59 Å². The number of rotatable bonds is 2. The fourth-order valence-corrected chi connectivity index (χ4v) is 6.77. The fraction of sp³-hybridized carbons (Fsp3) is 0.500. The van der Waals surface area contributed by atoms with Gasteiger partial charge in [-0.1, -0.05) is 24.3 Å². The number of hydrogen-bond donors (Lipinski definition) is 0. The van der Waals surface area contributed by atoms with Gasteiger partial charge in [0.15, 0.2) is 0 Å². The van der Waals surface area contributed by atoms with Crippen LogP contribution < -0.4 is 0 Å². The van der Waals surface area contributed by atoms with Gasteiger partial charge in [-0.05, 0) is 37.5 Å². The van der Waals surface area contributed by atoms with Crippen molar-refractivity contribution in [3.05, 3.63) is 47.7 Å². The van der Waals surface area contributed by atoms with Gasteiger partial charge in [0.1, 0.15) is 17.1 Å². The molecule has 6 rings (SSSR count). The van der Waals surface area contributed by atoms with Crippen LogP contribution in [-0.4, -0.2) is 43.5 Å². The third kappa shape index (κ3) is 1.57. The number of nitrogens with zero attached hydrogens (tertiary/aromatic N) is 1. The van der Waals surface area contributed by atoms with Crippen molar-refractivity contribution in [3.63, 3.8) is 0 Å². The molecule has 146 valence electrons. The molecule has 6 unspecified atom stereocenters. The van der Waals surface area contributed by atoms with Crippen molar-refractivity contribution in [1.82, 2.24) is 0 Å². The van der Waals surface area contributed by atoms with E-state index in [2.05, 4.69) is 6.07 Å². The summed E-state index contributed by atoms with van der Waals surface area (Å²) in [4.78, 5) is 31.5. The topological polar surface area (TPSA) is 74.2 Å². The highest BCUT2D eigenvalue weighted by Gasteiger charge is 2.82. The monoisotopic (exact) mass is 381 g/mol. The molecule has 0 radical (unpaired) electrons. The first kappa shape index (κ1) is 17.5. The second kappa shape index (κ2) is 5.25. The predicted molar refractivity (Wildman–Crippen MR) is 101 cm³/mol. The lowest BCUT2D eigenvalue weighted by Gasteiger charge is -2.67. The number of fused-ring (bicyclic) bond motifs is 1. The molecule has 6 heteroatoms. The van der Waals surface area contributed by atoms with E-state index in [0.29, 0.717) is 12.1 Å². The van der Waals surface area contributed by atoms with E-state index in [0.717, 1.165) is 11.1 Å². The first-order valence-electron chi connectivity index (χ1n) is 9.52. The van der Waals surface area contributed by atoms with Gasteiger partial charge < -0.3 is 14.2 Å². The minimum Gasteiger partial charge on any atom is -0.495 e. The van der Waals surface area contributed by atoms with Crippen molar-refractivity contribution < 1.29 is 23.8 Å². The molecule has 4 bridgehead atoms. The van der Waals surface area contributed by atoms with E-state index in [1.54, 1.807) is 6.26 Å². The second-order valence-corrected chi connectivity index (χ2v) is 8.44. The summed E-state index contributed by atoms with van der Waals surface area (Å²) in [5, 5.41) is 0. The van der Waals surface area contributed by atoms with Crippen molar-refractivity contribution in [2.75, 3.05) is 14.2 Å². The standard InChI is InChI=1S/C22H23NO5/c1-12-22(19(25)27-4)15-14-8-6-5-7-13(14)11-21(22)9-10-28-18(21)20(2,23-12)16(15)17(24)26-3/h5-10,15-16,18H,11H2,1-4H3. The van der Waals surface area contributed by atoms with Crippen LogP contribution in [0.2, 0.25) is 0 Å². The molecule has 0 saturated heterocycles. The van der Waals surface area contributed by atoms with Gasteiger partial charge in [-0.25, -0.2) is 0 Å². The van der Waals surface area contributed by atoms with E-state index in [-0.39, 0.29) is 11.9 Å². The Bertz CT molecular complexity index is 967. The number of methoxy groups -OCH3 is 2. The van der Waals surface area contributed by atoms with Crippen molar-refractivity contribution in [3.8, 4) is 0 Å². The summed E-state index contributed by atoms with van der Waals surface area (Å²) in [7, 11) is 2.78. The van der Waals surface area contributed by atoms with Crippen LogP contribution in [0.5, 0.6) is 0 Å². The molecular weight excluding hydrogens is 358 g/mol. The molecule has 0 N–H and O–H groups in total. The van der Waals surface area contributed by atoms with Gasteiger partial charge in [0.2, 0.25) is 0 Å². The van der Waals surface area contributed by atoms with Crippen LogP contribution >= 0.6 is 0 Å². The van der Waals surface area contributed by atoms with Crippen molar-refractivity contribution in [1.29, 1.82) is 0 Å². The smallest absolute Gasteiger partial charge is 0.319 e. The normalized spacial score (nSPS) is 41.4. The van der Waals surface area contributed by atoms with Gasteiger partial charge >= 0.3 is 11.9 Å². The number of aliphatic imine (C=N–C) groups is 1. The Morgan fingerprint density at radius 1 is 1.21 bits per heavy atom. The molecule has 1 saturated carbocycles. The number of ether oxygens (including phenoxy) is 3. The van der Waals surface area contributed by atoms with Gasteiger partial charge in [0.25, 0.3) is 0 Å². The van der Waals surface area contributed by atoms with Crippen LogP contribution in [0.15, 0.2) is 41.6 Å². The molecule has 1 spiro atoms. The van der Waals surface area contributed by atoms with Crippen LogP contribution in [0.4, 0.5) is 0 Å². The molecule has 1 aromatic rings. The summed E-state index contributed by atoms with van der Waals surface area (Å²) in [5.41, 5.74) is 0.224. The van der Waals surface area contributed by atoms with Gasteiger partial charge in [-0.2, -0.15) is 0 Å². The van der Waals surface area contributed by atoms with E-state index >= 15 is 0 Å². The summed E-state index contributed by atoms with van der Waals surface area (Å²) >= 11 is 0. The third-order valence-electron chi connectivity index (χ3n) is 7.56. The van der Waals surface area contributed by atoms with Gasteiger partial charge in [-0.3, -0.25) is 14.6 Å². The number of esters is 2. The van der Waals surface area contributed by atoms with Crippen LogP contribution in [-0.2, 0) is 30.2 Å². The molecule has 0 aromatic heterocycles. The lowest BCUT2D eigenvalue weighted by atomic mass is 9.36. The van der Waals surface area contributed by atoms with Gasteiger partial charge in [-0.15, -0.1) is 0 Å². The van der Waals surface area contributed by atoms with E-state index in [1.807, 2.05) is 38.1 Å². The highest BCUT2D eigenvalue weighted by atomic mass is 16.5. The Kier molecular flexibility index (Phi) is 3.27. The molecule has 3 aliphatic heterocycles. The molecule has 3 heterocycles. The molecule has 0 amide bonds. The highest BCUT2D eigenvalue weighted by Crippen LogP contribution is 2.73. The molecule has 6 nitrogen and oxygen atoms in total. The molecular formula is C22H23NO5. The zero-order valence-electron chi connectivity index (χ0n) is 16.4. The zero-order chi connectivity index (χ0) is 19.9. The summed E-state index contributed by atoms with van der Waals surface area (Å²) in [6.07, 6.45) is 3.85. The van der Waals surface area contributed by atoms with Crippen LogP contribution in [0.25, 0.3) is 0 Å². The van der Waals surface area contributed by atoms with E-state index in [1.165, 1.54) is 14.2 Å². The maximum Gasteiger partial charge on any atom is 0.319 e. The second-order valence-electron chi connectivity index (χ2n) is 8.44. The Morgan fingerprint density at radius 3 is 2.68 bits per heavy atom. The van der Waals surface area contributed by atoms with Crippen molar-refractivity contribution in [2.24, 2.45) is 21.7 Å². The Hall–Kier alpha value is -2.63. The number of benzene rings is 1. The van der Waals surface area contributed by atoms with E-state index < -0.39 is 34.3 Å². The molecule has 1 fully saturated rings. The Labute approximate surface area is 163 Å². The molecule has 28 heavy (non-hydrogen) atoms. The lowest BCUT2D eigenvalue weighted by molar-refractivity contribution is -0.190. The summed E-state index contributed by atoms with van der Waals surface area (Å²) in [6.45, 7) is 3.83. The van der Waals surface area contributed by atoms with Crippen LogP contribution in [0.1, 0.15) is 30.9 Å².